The number of ketones is 1. The van der Waals surface area contributed by atoms with E-state index in [-0.39, 0.29) is 24.6 Å². The largest absolute Gasteiger partial charge is 0.338 e. The fraction of sp³-hybridized carbons (Fsp3) is 0.118. The molecule has 0 N–H and O–H groups in total. The first kappa shape index (κ1) is 13.8. The van der Waals surface area contributed by atoms with Gasteiger partial charge in [0.05, 0.1) is 11.6 Å². The van der Waals surface area contributed by atoms with Gasteiger partial charge in [0.15, 0.2) is 5.78 Å². The van der Waals surface area contributed by atoms with Crippen LogP contribution < -0.4 is 0 Å². The summed E-state index contributed by atoms with van der Waals surface area (Å²) in [5, 5.41) is 1.58. The Morgan fingerprint density at radius 3 is 2.57 bits per heavy atom. The molecule has 3 aromatic rings. The van der Waals surface area contributed by atoms with Crippen LogP contribution >= 0.6 is 11.6 Å². The van der Waals surface area contributed by atoms with Gasteiger partial charge in [-0.3, -0.25) is 4.79 Å². The van der Waals surface area contributed by atoms with Crippen molar-refractivity contribution in [3.8, 4) is 0 Å². The monoisotopic (exact) mass is 301 g/mol. The van der Waals surface area contributed by atoms with E-state index in [1.165, 1.54) is 12.1 Å². The van der Waals surface area contributed by atoms with Gasteiger partial charge in [-0.1, -0.05) is 41.9 Å². The van der Waals surface area contributed by atoms with Gasteiger partial charge in [-0.05, 0) is 23.8 Å². The maximum atomic E-state index is 12.8. The molecule has 0 radical (unpaired) electrons. The molecule has 0 aliphatic heterocycles. The lowest BCUT2D eigenvalue weighted by Gasteiger charge is -2.05. The molecule has 4 heteroatoms. The van der Waals surface area contributed by atoms with Crippen LogP contribution in [0.15, 0.2) is 54.7 Å². The van der Waals surface area contributed by atoms with E-state index in [9.17, 15) is 9.18 Å². The minimum Gasteiger partial charge on any atom is -0.338 e. The predicted molar refractivity (Wildman–Crippen MR) is 82.1 cm³/mol. The molecule has 3 rings (SSSR count). The number of benzene rings is 2. The molecule has 21 heavy (non-hydrogen) atoms. The third-order valence-corrected chi connectivity index (χ3v) is 3.70. The number of nitrogens with zero attached hydrogens (tertiary/aromatic N) is 1. The Kier molecular flexibility index (Phi) is 3.76. The highest BCUT2D eigenvalue weighted by Gasteiger charge is 2.10. The molecular formula is C17H13ClFNO. The lowest BCUT2D eigenvalue weighted by atomic mass is 10.1. The SMILES string of the molecule is O=C(Cc1ccc(F)cc1)Cn1cc(Cl)c2ccccc21. The van der Waals surface area contributed by atoms with Crippen molar-refractivity contribution in [2.24, 2.45) is 0 Å². The number of carbonyl (C=O) groups is 1. The molecule has 0 spiro atoms. The Labute approximate surface area is 126 Å². The molecular weight excluding hydrogens is 289 g/mol. The molecule has 0 atom stereocenters. The first-order chi connectivity index (χ1) is 10.1. The van der Waals surface area contributed by atoms with Crippen molar-refractivity contribution < 1.29 is 9.18 Å². The minimum atomic E-state index is -0.297. The summed E-state index contributed by atoms with van der Waals surface area (Å²) >= 11 is 6.17. The lowest BCUT2D eigenvalue weighted by molar-refractivity contribution is -0.118. The third kappa shape index (κ3) is 2.98. The standard InChI is InChI=1S/C17H13ClFNO/c18-16-11-20(17-4-2-1-3-15(16)17)10-14(21)9-12-5-7-13(19)8-6-12/h1-8,11H,9-10H2. The van der Waals surface area contributed by atoms with E-state index < -0.39 is 0 Å². The number of hydrogen-bond acceptors (Lipinski definition) is 1. The molecule has 0 fully saturated rings. The van der Waals surface area contributed by atoms with E-state index in [2.05, 4.69) is 0 Å². The van der Waals surface area contributed by atoms with Crippen molar-refractivity contribution in [2.75, 3.05) is 0 Å². The quantitative estimate of drug-likeness (QED) is 0.706. The molecule has 2 nitrogen and oxygen atoms in total. The zero-order chi connectivity index (χ0) is 14.8. The van der Waals surface area contributed by atoms with Gasteiger partial charge in [0.1, 0.15) is 5.82 Å². The number of aromatic nitrogens is 1. The number of fused-ring (bicyclic) bond motifs is 1. The number of halogens is 2. The van der Waals surface area contributed by atoms with Gasteiger partial charge in [0.2, 0.25) is 0 Å². The van der Waals surface area contributed by atoms with Gasteiger partial charge in [-0.25, -0.2) is 4.39 Å². The van der Waals surface area contributed by atoms with Crippen LogP contribution in [0.2, 0.25) is 5.02 Å². The average molecular weight is 302 g/mol. The van der Waals surface area contributed by atoms with Gasteiger partial charge in [0.25, 0.3) is 0 Å². The summed E-state index contributed by atoms with van der Waals surface area (Å²) in [6.07, 6.45) is 2.05. The maximum Gasteiger partial charge on any atom is 0.156 e. The summed E-state index contributed by atoms with van der Waals surface area (Å²) in [7, 11) is 0. The second kappa shape index (κ2) is 5.70. The van der Waals surface area contributed by atoms with Crippen LogP contribution in [-0.4, -0.2) is 10.4 Å². The van der Waals surface area contributed by atoms with Gasteiger partial charge in [-0.15, -0.1) is 0 Å². The summed E-state index contributed by atoms with van der Waals surface area (Å²) in [5.41, 5.74) is 1.75. The average Bonchev–Trinajstić information content (AvgIpc) is 2.78. The topological polar surface area (TPSA) is 22.0 Å². The van der Waals surface area contributed by atoms with Gasteiger partial charge < -0.3 is 4.57 Å². The van der Waals surface area contributed by atoms with Crippen LogP contribution in [-0.2, 0) is 17.8 Å². The zero-order valence-electron chi connectivity index (χ0n) is 11.2. The smallest absolute Gasteiger partial charge is 0.156 e. The third-order valence-electron chi connectivity index (χ3n) is 3.40. The van der Waals surface area contributed by atoms with Crippen molar-refractivity contribution in [3.05, 3.63) is 71.1 Å². The Bertz CT molecular complexity index is 792. The van der Waals surface area contributed by atoms with E-state index >= 15 is 0 Å². The molecule has 1 heterocycles. The van der Waals surface area contributed by atoms with Crippen molar-refractivity contribution >= 4 is 28.3 Å². The summed E-state index contributed by atoms with van der Waals surface area (Å²) < 4.78 is 14.7. The summed E-state index contributed by atoms with van der Waals surface area (Å²) in [4.78, 5) is 12.2. The van der Waals surface area contributed by atoms with Crippen molar-refractivity contribution in [1.29, 1.82) is 0 Å². The number of carbonyl (C=O) groups excluding carboxylic acids is 1. The summed E-state index contributed by atoms with van der Waals surface area (Å²) in [5.74, 6) is -0.242. The Morgan fingerprint density at radius 2 is 1.81 bits per heavy atom. The van der Waals surface area contributed by atoms with Gasteiger partial charge >= 0.3 is 0 Å². The van der Waals surface area contributed by atoms with Crippen LogP contribution in [0.5, 0.6) is 0 Å². The van der Waals surface area contributed by atoms with Crippen LogP contribution in [0.1, 0.15) is 5.56 Å². The predicted octanol–water partition coefficient (Wildman–Crippen LogP) is 4.25. The summed E-state index contributed by atoms with van der Waals surface area (Å²) in [6, 6.07) is 13.7. The first-order valence-electron chi connectivity index (χ1n) is 6.63. The molecule has 2 aromatic carbocycles. The van der Waals surface area contributed by atoms with Crippen molar-refractivity contribution in [3.63, 3.8) is 0 Å². The normalized spacial score (nSPS) is 11.0. The molecule has 0 amide bonds. The minimum absolute atomic E-state index is 0.0547. The highest BCUT2D eigenvalue weighted by molar-refractivity contribution is 6.35. The van der Waals surface area contributed by atoms with Crippen molar-refractivity contribution in [2.45, 2.75) is 13.0 Å². The molecule has 0 aliphatic rings. The number of Topliss-reactive ketones (excluding diaryl/α,β-unsaturated/α-hetero) is 1. The second-order valence-corrected chi connectivity index (χ2v) is 5.37. The van der Waals surface area contributed by atoms with Gasteiger partial charge in [-0.2, -0.15) is 0 Å². The summed E-state index contributed by atoms with van der Waals surface area (Å²) in [6.45, 7) is 0.255. The molecule has 0 saturated heterocycles. The Balaban J connectivity index is 1.79. The molecule has 0 unspecified atom stereocenters. The molecule has 0 saturated carbocycles. The molecule has 0 aliphatic carbocycles. The first-order valence-corrected chi connectivity index (χ1v) is 7.01. The van der Waals surface area contributed by atoms with Crippen LogP contribution in [0.25, 0.3) is 10.9 Å². The van der Waals surface area contributed by atoms with E-state index in [0.29, 0.717) is 5.02 Å². The zero-order valence-corrected chi connectivity index (χ0v) is 12.0. The maximum absolute atomic E-state index is 12.8. The van der Waals surface area contributed by atoms with Gasteiger partial charge in [0, 0.05) is 23.5 Å². The molecule has 1 aromatic heterocycles. The number of rotatable bonds is 4. The second-order valence-electron chi connectivity index (χ2n) is 4.96. The Morgan fingerprint density at radius 1 is 1.10 bits per heavy atom. The highest BCUT2D eigenvalue weighted by Crippen LogP contribution is 2.25. The fourth-order valence-corrected chi connectivity index (χ4v) is 2.69. The number of hydrogen-bond donors (Lipinski definition) is 0. The van der Waals surface area contributed by atoms with Crippen LogP contribution in [0.3, 0.4) is 0 Å². The van der Waals surface area contributed by atoms with E-state index in [1.807, 2.05) is 28.8 Å². The molecule has 0 bridgehead atoms. The molecule has 106 valence electrons. The van der Waals surface area contributed by atoms with Crippen LogP contribution in [0, 0.1) is 5.82 Å². The van der Waals surface area contributed by atoms with E-state index in [0.717, 1.165) is 16.5 Å². The Hall–Kier alpha value is -2.13. The highest BCUT2D eigenvalue weighted by atomic mass is 35.5. The lowest BCUT2D eigenvalue weighted by Crippen LogP contribution is -2.11. The van der Waals surface area contributed by atoms with Crippen LogP contribution in [0.4, 0.5) is 4.39 Å². The number of para-hydroxylation sites is 1. The fourth-order valence-electron chi connectivity index (χ4n) is 2.41. The van der Waals surface area contributed by atoms with Crippen molar-refractivity contribution in [1.82, 2.24) is 4.57 Å². The van der Waals surface area contributed by atoms with E-state index in [4.69, 9.17) is 11.6 Å². The van der Waals surface area contributed by atoms with E-state index in [1.54, 1.807) is 18.3 Å².